The van der Waals surface area contributed by atoms with Crippen molar-refractivity contribution in [2.45, 2.75) is 37.6 Å². The number of fused-ring (bicyclic) bond motifs is 2. The minimum Gasteiger partial charge on any atom is -0.440 e. The van der Waals surface area contributed by atoms with Gasteiger partial charge in [0.2, 0.25) is 0 Å². The van der Waals surface area contributed by atoms with Crippen molar-refractivity contribution in [2.75, 3.05) is 32.7 Å². The van der Waals surface area contributed by atoms with E-state index >= 15 is 0 Å². The summed E-state index contributed by atoms with van der Waals surface area (Å²) in [5, 5.41) is 0. The number of benzene rings is 1. The third-order valence-corrected chi connectivity index (χ3v) is 6.70. The van der Waals surface area contributed by atoms with Gasteiger partial charge in [-0.1, -0.05) is 30.3 Å². The van der Waals surface area contributed by atoms with Crippen LogP contribution in [0.15, 0.2) is 54.9 Å². The maximum atomic E-state index is 12.6. The van der Waals surface area contributed by atoms with Gasteiger partial charge in [0, 0.05) is 71.0 Å². The molecule has 1 aromatic carbocycles. The van der Waals surface area contributed by atoms with Gasteiger partial charge in [0.1, 0.15) is 5.60 Å². The summed E-state index contributed by atoms with van der Waals surface area (Å²) in [7, 11) is 0. The smallest absolute Gasteiger partial charge is 0.410 e. The van der Waals surface area contributed by atoms with Gasteiger partial charge in [-0.15, -0.1) is 0 Å². The highest BCUT2D eigenvalue weighted by Crippen LogP contribution is 2.40. The molecular formula is C23H28N4O2. The summed E-state index contributed by atoms with van der Waals surface area (Å²) < 4.78 is 6.06. The Bertz CT molecular complexity index is 836. The first kappa shape index (κ1) is 18.6. The van der Waals surface area contributed by atoms with E-state index in [1.54, 1.807) is 0 Å². The van der Waals surface area contributed by atoms with Crippen LogP contribution in [0.1, 0.15) is 24.0 Å². The van der Waals surface area contributed by atoms with Gasteiger partial charge in [0.05, 0.1) is 6.04 Å². The maximum absolute atomic E-state index is 12.6. The summed E-state index contributed by atoms with van der Waals surface area (Å²) in [5.41, 5.74) is 2.28. The Labute approximate surface area is 172 Å². The quantitative estimate of drug-likeness (QED) is 0.801. The summed E-state index contributed by atoms with van der Waals surface area (Å²) in [5.74, 6) is 0. The molecular weight excluding hydrogens is 364 g/mol. The largest absolute Gasteiger partial charge is 0.440 e. The number of carbonyl (C=O) groups excluding carboxylic acids is 1. The van der Waals surface area contributed by atoms with E-state index in [4.69, 9.17) is 4.74 Å². The van der Waals surface area contributed by atoms with E-state index < -0.39 is 0 Å². The standard InChI is InChI=1S/C23H28N4O2/c28-22-27-15-14-26(17-19-4-2-1-3-5-19)18-21(27)23(29-22)8-12-25(13-9-23)16-20-6-10-24-11-7-20/h1-7,10-11,21H,8-9,12-18H2. The van der Waals surface area contributed by atoms with Crippen LogP contribution in [0.3, 0.4) is 0 Å². The molecule has 3 aliphatic rings. The Morgan fingerprint density at radius 1 is 0.897 bits per heavy atom. The van der Waals surface area contributed by atoms with E-state index in [2.05, 4.69) is 57.2 Å². The van der Waals surface area contributed by atoms with Gasteiger partial charge >= 0.3 is 6.09 Å². The minimum absolute atomic E-state index is 0.114. The molecule has 0 radical (unpaired) electrons. The Hall–Kier alpha value is -2.44. The highest BCUT2D eigenvalue weighted by Gasteiger charge is 2.56. The van der Waals surface area contributed by atoms with Crippen molar-refractivity contribution in [1.82, 2.24) is 19.7 Å². The van der Waals surface area contributed by atoms with Crippen LogP contribution in [-0.4, -0.2) is 70.1 Å². The van der Waals surface area contributed by atoms with Crippen LogP contribution >= 0.6 is 0 Å². The van der Waals surface area contributed by atoms with Gasteiger partial charge in [-0.05, 0) is 23.3 Å². The number of amides is 1. The van der Waals surface area contributed by atoms with Crippen LogP contribution < -0.4 is 0 Å². The summed E-state index contributed by atoms with van der Waals surface area (Å²) in [6.07, 6.45) is 5.40. The number of ether oxygens (including phenoxy) is 1. The number of rotatable bonds is 4. The number of aromatic nitrogens is 1. The normalized spacial score (nSPS) is 24.5. The van der Waals surface area contributed by atoms with Crippen LogP contribution in [0.25, 0.3) is 0 Å². The maximum Gasteiger partial charge on any atom is 0.410 e. The van der Waals surface area contributed by atoms with Gasteiger partial charge in [-0.2, -0.15) is 0 Å². The monoisotopic (exact) mass is 392 g/mol. The van der Waals surface area contributed by atoms with E-state index in [9.17, 15) is 4.79 Å². The zero-order chi connectivity index (χ0) is 19.7. The lowest BCUT2D eigenvalue weighted by Gasteiger charge is -2.45. The molecule has 1 atom stereocenters. The van der Waals surface area contributed by atoms with Crippen molar-refractivity contribution in [1.29, 1.82) is 0 Å². The Balaban J connectivity index is 1.25. The van der Waals surface area contributed by atoms with E-state index in [1.165, 1.54) is 11.1 Å². The van der Waals surface area contributed by atoms with Crippen LogP contribution in [-0.2, 0) is 17.8 Å². The van der Waals surface area contributed by atoms with Crippen LogP contribution in [0.4, 0.5) is 4.79 Å². The fourth-order valence-corrected chi connectivity index (χ4v) is 5.07. The molecule has 4 heterocycles. The number of hydrogen-bond donors (Lipinski definition) is 0. The van der Waals surface area contributed by atoms with Gasteiger partial charge in [-0.25, -0.2) is 4.79 Å². The molecule has 1 unspecified atom stereocenters. The second-order valence-corrected chi connectivity index (χ2v) is 8.49. The molecule has 1 aromatic heterocycles. The number of likely N-dealkylation sites (tertiary alicyclic amines) is 1. The molecule has 0 saturated carbocycles. The summed E-state index contributed by atoms with van der Waals surface area (Å²) in [6, 6.07) is 14.9. The highest BCUT2D eigenvalue weighted by molar-refractivity contribution is 5.72. The Morgan fingerprint density at radius 2 is 1.59 bits per heavy atom. The minimum atomic E-state index is -0.332. The summed E-state index contributed by atoms with van der Waals surface area (Å²) >= 11 is 0. The zero-order valence-electron chi connectivity index (χ0n) is 16.7. The molecule has 2 aromatic rings. The van der Waals surface area contributed by atoms with Crippen molar-refractivity contribution in [2.24, 2.45) is 0 Å². The second-order valence-electron chi connectivity index (χ2n) is 8.49. The molecule has 29 heavy (non-hydrogen) atoms. The van der Waals surface area contributed by atoms with Crippen molar-refractivity contribution in [3.8, 4) is 0 Å². The van der Waals surface area contributed by atoms with E-state index in [1.807, 2.05) is 17.3 Å². The first-order valence-corrected chi connectivity index (χ1v) is 10.6. The van der Waals surface area contributed by atoms with Crippen molar-refractivity contribution in [3.05, 3.63) is 66.0 Å². The molecule has 152 valence electrons. The summed E-state index contributed by atoms with van der Waals surface area (Å²) in [6.45, 7) is 6.34. The van der Waals surface area contributed by atoms with Gasteiger partial charge in [0.25, 0.3) is 0 Å². The molecule has 3 aliphatic heterocycles. The lowest BCUT2D eigenvalue weighted by Crippen LogP contribution is -2.60. The van der Waals surface area contributed by atoms with Crippen molar-refractivity contribution >= 4 is 6.09 Å². The number of hydrogen-bond acceptors (Lipinski definition) is 5. The number of piperidine rings is 1. The SMILES string of the molecule is O=C1OC2(CCN(Cc3ccncc3)CC2)C2CN(Cc3ccccc3)CCN12. The first-order valence-electron chi connectivity index (χ1n) is 10.6. The topological polar surface area (TPSA) is 48.9 Å². The third kappa shape index (κ3) is 3.74. The molecule has 1 amide bonds. The highest BCUT2D eigenvalue weighted by atomic mass is 16.6. The zero-order valence-corrected chi connectivity index (χ0v) is 16.7. The van der Waals surface area contributed by atoms with E-state index in [-0.39, 0.29) is 17.7 Å². The Kier molecular flexibility index (Phi) is 4.97. The molecule has 3 fully saturated rings. The Morgan fingerprint density at radius 3 is 2.34 bits per heavy atom. The fraction of sp³-hybridized carbons (Fsp3) is 0.478. The van der Waals surface area contributed by atoms with Crippen molar-refractivity contribution < 1.29 is 9.53 Å². The molecule has 5 rings (SSSR count). The van der Waals surface area contributed by atoms with Crippen LogP contribution in [0.2, 0.25) is 0 Å². The van der Waals surface area contributed by atoms with Gasteiger partial charge in [0.15, 0.2) is 0 Å². The average molecular weight is 393 g/mol. The van der Waals surface area contributed by atoms with E-state index in [0.29, 0.717) is 0 Å². The lowest BCUT2D eigenvalue weighted by molar-refractivity contribution is -0.0368. The molecule has 0 bridgehead atoms. The van der Waals surface area contributed by atoms with E-state index in [0.717, 1.165) is 58.7 Å². The number of carbonyl (C=O) groups is 1. The predicted molar refractivity (Wildman–Crippen MR) is 110 cm³/mol. The lowest BCUT2D eigenvalue weighted by atomic mass is 9.83. The molecule has 0 N–H and O–H groups in total. The number of piperazine rings is 1. The predicted octanol–water partition coefficient (Wildman–Crippen LogP) is 2.75. The molecule has 1 spiro atoms. The van der Waals surface area contributed by atoms with Gasteiger partial charge in [-0.3, -0.25) is 19.7 Å². The average Bonchev–Trinajstić information content (AvgIpc) is 3.02. The van der Waals surface area contributed by atoms with Crippen LogP contribution in [0, 0.1) is 0 Å². The molecule has 6 nitrogen and oxygen atoms in total. The first-order chi connectivity index (χ1) is 14.2. The summed E-state index contributed by atoms with van der Waals surface area (Å²) in [4.78, 5) is 23.6. The fourth-order valence-electron chi connectivity index (χ4n) is 5.07. The number of nitrogens with zero attached hydrogens (tertiary/aromatic N) is 4. The third-order valence-electron chi connectivity index (χ3n) is 6.70. The molecule has 3 saturated heterocycles. The number of pyridine rings is 1. The van der Waals surface area contributed by atoms with Crippen LogP contribution in [0.5, 0.6) is 0 Å². The molecule has 0 aliphatic carbocycles. The molecule has 6 heteroatoms. The van der Waals surface area contributed by atoms with Gasteiger partial charge < -0.3 is 4.74 Å². The second kappa shape index (κ2) is 7.76. The van der Waals surface area contributed by atoms with Crippen molar-refractivity contribution in [3.63, 3.8) is 0 Å².